The molecule has 226 valence electrons. The lowest BCUT2D eigenvalue weighted by Gasteiger charge is -2.52. The van der Waals surface area contributed by atoms with E-state index in [0.717, 1.165) is 18.4 Å². The molecule has 0 bridgehead atoms. The summed E-state index contributed by atoms with van der Waals surface area (Å²) in [6.45, 7) is 5.77. The maximum atomic E-state index is 13.8. The highest BCUT2D eigenvalue weighted by atomic mass is 16.5. The first-order chi connectivity index (χ1) is 20.4. The molecule has 3 aliphatic rings. The molecule has 5 rings (SSSR count). The third-order valence-electron chi connectivity index (χ3n) is 9.24. The standard InChI is InChI=1S/C33H43N3O6/c1-3-4-17-36-31(39)28(30(38)26-13-20-42-21-14-26)34-32(40)33(36)15-18-35(19-16-33)22-23-5-7-24(8-6-23)29(37)25-9-11-27(41-2)12-10-25/h5-12,26,28,30,38H,3-4,13-22H2,1-2H3,(H,34,40)/t28-,30-/m1/s1. The van der Waals surface area contributed by atoms with Crippen LogP contribution in [0, 0.1) is 5.92 Å². The molecule has 42 heavy (non-hydrogen) atoms. The molecule has 3 heterocycles. The normalized spacial score (nSPS) is 22.2. The Bertz CT molecular complexity index is 1230. The zero-order valence-electron chi connectivity index (χ0n) is 24.7. The first-order valence-electron chi connectivity index (χ1n) is 15.2. The fourth-order valence-corrected chi connectivity index (χ4v) is 6.55. The van der Waals surface area contributed by atoms with Crippen LogP contribution in [0.15, 0.2) is 48.5 Å². The zero-order chi connectivity index (χ0) is 29.7. The Kier molecular flexibility index (Phi) is 9.60. The van der Waals surface area contributed by atoms with Crippen LogP contribution in [0.5, 0.6) is 5.75 Å². The minimum atomic E-state index is -0.911. The highest BCUT2D eigenvalue weighted by molar-refractivity contribution is 6.09. The van der Waals surface area contributed by atoms with Gasteiger partial charge in [0.1, 0.15) is 17.3 Å². The van der Waals surface area contributed by atoms with Crippen molar-refractivity contribution in [1.82, 2.24) is 15.1 Å². The van der Waals surface area contributed by atoms with Gasteiger partial charge in [-0.1, -0.05) is 37.6 Å². The summed E-state index contributed by atoms with van der Waals surface area (Å²) in [6.07, 6.45) is 3.28. The number of hydrogen-bond donors (Lipinski definition) is 2. The van der Waals surface area contributed by atoms with E-state index in [2.05, 4.69) is 17.1 Å². The third-order valence-corrected chi connectivity index (χ3v) is 9.24. The molecule has 2 aromatic carbocycles. The molecular weight excluding hydrogens is 534 g/mol. The lowest BCUT2D eigenvalue weighted by Crippen LogP contribution is -2.75. The number of rotatable bonds is 10. The van der Waals surface area contributed by atoms with Crippen molar-refractivity contribution in [3.63, 3.8) is 0 Å². The number of ether oxygens (including phenoxy) is 2. The number of unbranched alkanes of at least 4 members (excludes halogenated alkanes) is 1. The summed E-state index contributed by atoms with van der Waals surface area (Å²) < 4.78 is 10.6. The van der Waals surface area contributed by atoms with E-state index in [0.29, 0.717) is 82.0 Å². The molecule has 2 N–H and O–H groups in total. The van der Waals surface area contributed by atoms with Crippen molar-refractivity contribution in [2.24, 2.45) is 5.92 Å². The average Bonchev–Trinajstić information content (AvgIpc) is 3.04. The number of piperidine rings is 1. The molecule has 3 aliphatic heterocycles. The number of aliphatic hydroxyl groups excluding tert-OH is 1. The summed E-state index contributed by atoms with van der Waals surface area (Å²) in [5.41, 5.74) is 1.44. The first-order valence-corrected chi connectivity index (χ1v) is 15.2. The number of piperazine rings is 1. The third kappa shape index (κ3) is 6.23. The maximum Gasteiger partial charge on any atom is 0.248 e. The molecule has 0 unspecified atom stereocenters. The van der Waals surface area contributed by atoms with E-state index in [1.165, 1.54) is 0 Å². The minimum Gasteiger partial charge on any atom is -0.497 e. The van der Waals surface area contributed by atoms with Gasteiger partial charge in [-0.05, 0) is 67.9 Å². The topological polar surface area (TPSA) is 108 Å². The zero-order valence-corrected chi connectivity index (χ0v) is 24.7. The summed E-state index contributed by atoms with van der Waals surface area (Å²) in [7, 11) is 1.60. The lowest BCUT2D eigenvalue weighted by atomic mass is 9.79. The number of carbonyl (C=O) groups excluding carboxylic acids is 3. The van der Waals surface area contributed by atoms with Crippen LogP contribution in [0.4, 0.5) is 0 Å². The predicted molar refractivity (Wildman–Crippen MR) is 158 cm³/mol. The number of nitrogens with one attached hydrogen (secondary N) is 1. The van der Waals surface area contributed by atoms with E-state index in [1.54, 1.807) is 36.3 Å². The van der Waals surface area contributed by atoms with Crippen LogP contribution in [0.2, 0.25) is 0 Å². The van der Waals surface area contributed by atoms with E-state index in [4.69, 9.17) is 9.47 Å². The second-order valence-electron chi connectivity index (χ2n) is 11.8. The number of likely N-dealkylation sites (tertiary alicyclic amines) is 1. The van der Waals surface area contributed by atoms with Gasteiger partial charge in [-0.2, -0.15) is 0 Å². The Balaban J connectivity index is 1.22. The summed E-state index contributed by atoms with van der Waals surface area (Å²) in [4.78, 5) is 44.5. The fraction of sp³-hybridized carbons (Fsp3) is 0.545. The van der Waals surface area contributed by atoms with Crippen molar-refractivity contribution >= 4 is 17.6 Å². The fourth-order valence-electron chi connectivity index (χ4n) is 6.55. The van der Waals surface area contributed by atoms with E-state index in [1.807, 2.05) is 24.3 Å². The molecule has 2 atom stereocenters. The second-order valence-corrected chi connectivity index (χ2v) is 11.8. The average molecular weight is 578 g/mol. The van der Waals surface area contributed by atoms with Gasteiger partial charge in [0, 0.05) is 50.5 Å². The molecule has 0 aromatic heterocycles. The van der Waals surface area contributed by atoms with Gasteiger partial charge in [-0.3, -0.25) is 19.3 Å². The summed E-state index contributed by atoms with van der Waals surface area (Å²) in [6, 6.07) is 13.9. The molecular formula is C33H43N3O6. The SMILES string of the molecule is CCCCN1C(=O)[C@@H]([C@H](O)C2CCOCC2)NC(=O)C12CCN(Cc1ccc(C(=O)c3ccc(OC)cc3)cc1)CC2. The first kappa shape index (κ1) is 30.2. The van der Waals surface area contributed by atoms with E-state index >= 15 is 0 Å². The maximum absolute atomic E-state index is 13.8. The van der Waals surface area contributed by atoms with Crippen LogP contribution in [-0.4, -0.2) is 90.1 Å². The van der Waals surface area contributed by atoms with Gasteiger partial charge in [0.2, 0.25) is 11.8 Å². The van der Waals surface area contributed by atoms with Crippen molar-refractivity contribution < 1.29 is 29.0 Å². The van der Waals surface area contributed by atoms with Crippen LogP contribution in [0.1, 0.15) is 66.9 Å². The van der Waals surface area contributed by atoms with Gasteiger partial charge in [0.25, 0.3) is 0 Å². The van der Waals surface area contributed by atoms with Gasteiger partial charge >= 0.3 is 0 Å². The number of benzene rings is 2. The molecule has 0 radical (unpaired) electrons. The highest BCUT2D eigenvalue weighted by Crippen LogP contribution is 2.35. The van der Waals surface area contributed by atoms with Crippen molar-refractivity contribution in [3.05, 3.63) is 65.2 Å². The van der Waals surface area contributed by atoms with E-state index < -0.39 is 17.7 Å². The van der Waals surface area contributed by atoms with E-state index in [-0.39, 0.29) is 23.5 Å². The number of aliphatic hydroxyl groups is 1. The molecule has 2 amide bonds. The number of hydrogen-bond acceptors (Lipinski definition) is 7. The quantitative estimate of drug-likeness (QED) is 0.418. The Hall–Kier alpha value is -3.27. The van der Waals surface area contributed by atoms with Crippen LogP contribution in [0.25, 0.3) is 0 Å². The van der Waals surface area contributed by atoms with Gasteiger partial charge < -0.3 is 24.8 Å². The Morgan fingerprint density at radius 3 is 2.26 bits per heavy atom. The predicted octanol–water partition coefficient (Wildman–Crippen LogP) is 3.18. The minimum absolute atomic E-state index is 0.0375. The Labute approximate surface area is 248 Å². The molecule has 3 fully saturated rings. The number of amides is 2. The molecule has 2 aromatic rings. The number of ketones is 1. The van der Waals surface area contributed by atoms with Crippen LogP contribution >= 0.6 is 0 Å². The Morgan fingerprint density at radius 1 is 1.05 bits per heavy atom. The van der Waals surface area contributed by atoms with Gasteiger partial charge in [-0.15, -0.1) is 0 Å². The van der Waals surface area contributed by atoms with Crippen LogP contribution in [0.3, 0.4) is 0 Å². The molecule has 1 spiro atoms. The van der Waals surface area contributed by atoms with Gasteiger partial charge in [-0.25, -0.2) is 0 Å². The van der Waals surface area contributed by atoms with Crippen LogP contribution in [-0.2, 0) is 20.9 Å². The smallest absolute Gasteiger partial charge is 0.248 e. The molecule has 0 aliphatic carbocycles. The number of methoxy groups -OCH3 is 1. The summed E-state index contributed by atoms with van der Waals surface area (Å²) >= 11 is 0. The van der Waals surface area contributed by atoms with Crippen molar-refractivity contribution in [3.8, 4) is 5.75 Å². The largest absolute Gasteiger partial charge is 0.497 e. The van der Waals surface area contributed by atoms with Crippen LogP contribution < -0.4 is 10.1 Å². The molecule has 3 saturated heterocycles. The molecule has 9 nitrogen and oxygen atoms in total. The van der Waals surface area contributed by atoms with Gasteiger partial charge in [0.05, 0.1) is 13.2 Å². The van der Waals surface area contributed by atoms with E-state index in [9.17, 15) is 19.5 Å². The lowest BCUT2D eigenvalue weighted by molar-refractivity contribution is -0.166. The van der Waals surface area contributed by atoms with Crippen molar-refractivity contribution in [2.75, 3.05) is 40.0 Å². The summed E-state index contributed by atoms with van der Waals surface area (Å²) in [5, 5.41) is 14.1. The Morgan fingerprint density at radius 2 is 1.67 bits per heavy atom. The monoisotopic (exact) mass is 577 g/mol. The highest BCUT2D eigenvalue weighted by Gasteiger charge is 2.55. The van der Waals surface area contributed by atoms with Crippen molar-refractivity contribution in [1.29, 1.82) is 0 Å². The molecule has 0 saturated carbocycles. The molecule has 9 heteroatoms. The second kappa shape index (κ2) is 13.4. The van der Waals surface area contributed by atoms with Crippen molar-refractivity contribution in [2.45, 2.75) is 69.7 Å². The number of nitrogens with zero attached hydrogens (tertiary/aromatic N) is 2. The number of carbonyl (C=O) groups is 3. The van der Waals surface area contributed by atoms with Gasteiger partial charge in [0.15, 0.2) is 5.78 Å². The summed E-state index contributed by atoms with van der Waals surface area (Å²) in [5.74, 6) is 0.309.